The lowest BCUT2D eigenvalue weighted by molar-refractivity contribution is -0.225. The van der Waals surface area contributed by atoms with E-state index in [4.69, 9.17) is 23.7 Å². The third kappa shape index (κ3) is 8.42. The van der Waals surface area contributed by atoms with Crippen molar-refractivity contribution in [3.05, 3.63) is 41.0 Å². The third-order valence-corrected chi connectivity index (χ3v) is 9.14. The third-order valence-electron chi connectivity index (χ3n) is 9.14. The molecule has 1 aromatic carbocycles. The van der Waals surface area contributed by atoms with E-state index < -0.39 is 78.1 Å². The van der Waals surface area contributed by atoms with Gasteiger partial charge in [-0.05, 0) is 37.5 Å². The summed E-state index contributed by atoms with van der Waals surface area (Å²) in [7, 11) is 2.77. The van der Waals surface area contributed by atoms with Crippen LogP contribution in [0.2, 0.25) is 0 Å². The number of cyclic esters (lactones) is 1. The van der Waals surface area contributed by atoms with E-state index in [2.05, 4.69) is 11.9 Å². The van der Waals surface area contributed by atoms with Crippen molar-refractivity contribution < 1.29 is 53.4 Å². The molecule has 1 aromatic rings. The highest BCUT2D eigenvalue weighted by molar-refractivity contribution is 5.95. The molecule has 0 radical (unpaired) electrons. The number of esters is 2. The summed E-state index contributed by atoms with van der Waals surface area (Å²) in [6, 6.07) is 3.19. The molecule has 0 aliphatic carbocycles. The zero-order chi connectivity index (χ0) is 33.8. The van der Waals surface area contributed by atoms with Crippen LogP contribution in [-0.4, -0.2) is 96.3 Å². The SMILES string of the molecule is C=C(C)CC(OC)C(O)C(=O)NC(OC)C1CC(OC(C)=O)C(C)(C)C(CC(O)C(C)C2Cc3c(C)ccc(O)c3C(=O)O2)O1. The van der Waals surface area contributed by atoms with Crippen molar-refractivity contribution in [2.75, 3.05) is 14.2 Å². The molecule has 2 heterocycles. The van der Waals surface area contributed by atoms with Crippen LogP contribution in [0, 0.1) is 18.3 Å². The molecule has 4 N–H and O–H groups in total. The number of rotatable bonds is 13. The second-order valence-electron chi connectivity index (χ2n) is 12.9. The number of carbonyl (C=O) groups excluding carboxylic acids is 3. The first-order valence-corrected chi connectivity index (χ1v) is 15.2. The molecule has 252 valence electrons. The lowest BCUT2D eigenvalue weighted by atomic mass is 9.72. The summed E-state index contributed by atoms with van der Waals surface area (Å²) in [5, 5.41) is 35.0. The van der Waals surface area contributed by atoms with Gasteiger partial charge in [0, 0.05) is 51.7 Å². The minimum atomic E-state index is -1.51. The summed E-state index contributed by atoms with van der Waals surface area (Å²) in [4.78, 5) is 37.9. The van der Waals surface area contributed by atoms with E-state index in [1.165, 1.54) is 27.2 Å². The summed E-state index contributed by atoms with van der Waals surface area (Å²) in [5.41, 5.74) is 1.62. The normalized spacial score (nSPS) is 26.0. The Morgan fingerprint density at radius 2 is 1.82 bits per heavy atom. The molecule has 1 fully saturated rings. The first kappa shape index (κ1) is 36.4. The molecule has 2 aliphatic rings. The smallest absolute Gasteiger partial charge is 0.342 e. The highest BCUT2D eigenvalue weighted by Gasteiger charge is 2.50. The molecule has 0 spiro atoms. The summed E-state index contributed by atoms with van der Waals surface area (Å²) in [6.45, 7) is 14.2. The predicted molar refractivity (Wildman–Crippen MR) is 163 cm³/mol. The second kappa shape index (κ2) is 15.0. The number of carbonyl (C=O) groups is 3. The van der Waals surface area contributed by atoms with Gasteiger partial charge in [0.05, 0.1) is 18.3 Å². The van der Waals surface area contributed by atoms with E-state index in [0.717, 1.165) is 11.1 Å². The highest BCUT2D eigenvalue weighted by Crippen LogP contribution is 2.42. The molecule has 9 atom stereocenters. The fourth-order valence-electron chi connectivity index (χ4n) is 6.13. The van der Waals surface area contributed by atoms with Gasteiger partial charge in [0.2, 0.25) is 0 Å². The fraction of sp³-hybridized carbons (Fsp3) is 0.667. The Morgan fingerprint density at radius 1 is 1.16 bits per heavy atom. The van der Waals surface area contributed by atoms with E-state index in [9.17, 15) is 29.7 Å². The van der Waals surface area contributed by atoms with E-state index in [1.807, 2.05) is 20.8 Å². The van der Waals surface area contributed by atoms with E-state index in [-0.39, 0.29) is 30.6 Å². The van der Waals surface area contributed by atoms with Crippen LogP contribution in [0.25, 0.3) is 0 Å². The number of amides is 1. The summed E-state index contributed by atoms with van der Waals surface area (Å²) in [5.74, 6) is -2.55. The number of benzene rings is 1. The van der Waals surface area contributed by atoms with Crippen LogP contribution in [0.1, 0.15) is 75.4 Å². The quantitative estimate of drug-likeness (QED) is 0.143. The van der Waals surface area contributed by atoms with E-state index >= 15 is 0 Å². The summed E-state index contributed by atoms with van der Waals surface area (Å²) < 4.78 is 28.7. The predicted octanol–water partition coefficient (Wildman–Crippen LogP) is 2.72. The van der Waals surface area contributed by atoms with Crippen molar-refractivity contribution in [1.82, 2.24) is 5.32 Å². The Kier molecular flexibility index (Phi) is 12.2. The van der Waals surface area contributed by atoms with E-state index in [1.54, 1.807) is 19.9 Å². The average Bonchev–Trinajstić information content (AvgIpc) is 2.97. The number of aryl methyl sites for hydroxylation is 1. The molecule has 0 bridgehead atoms. The molecular weight excluding hydrogens is 586 g/mol. The molecule has 3 rings (SSSR count). The largest absolute Gasteiger partial charge is 0.507 e. The van der Waals surface area contributed by atoms with Crippen LogP contribution in [0.5, 0.6) is 5.75 Å². The molecule has 45 heavy (non-hydrogen) atoms. The molecule has 12 heteroatoms. The lowest BCUT2D eigenvalue weighted by Gasteiger charge is -2.49. The number of aromatic hydroxyl groups is 1. The highest BCUT2D eigenvalue weighted by atomic mass is 16.6. The Balaban J connectivity index is 1.80. The number of phenolic OH excluding ortho intramolecular Hbond substituents is 1. The number of aliphatic hydroxyl groups is 2. The Hall–Kier alpha value is -3.03. The van der Waals surface area contributed by atoms with Gasteiger partial charge in [-0.1, -0.05) is 32.4 Å². The maximum absolute atomic E-state index is 13.0. The first-order valence-electron chi connectivity index (χ1n) is 15.2. The molecule has 2 aliphatic heterocycles. The average molecular weight is 636 g/mol. The molecule has 9 unspecified atom stereocenters. The van der Waals surface area contributed by atoms with Crippen molar-refractivity contribution in [2.24, 2.45) is 11.3 Å². The van der Waals surface area contributed by atoms with Gasteiger partial charge in [0.1, 0.15) is 29.6 Å². The summed E-state index contributed by atoms with van der Waals surface area (Å²) >= 11 is 0. The zero-order valence-corrected chi connectivity index (χ0v) is 27.5. The minimum absolute atomic E-state index is 0.0831. The maximum atomic E-state index is 13.0. The summed E-state index contributed by atoms with van der Waals surface area (Å²) in [6.07, 6.45) is -6.37. The van der Waals surface area contributed by atoms with Crippen molar-refractivity contribution in [2.45, 2.75) is 116 Å². The maximum Gasteiger partial charge on any atom is 0.342 e. The van der Waals surface area contributed by atoms with Gasteiger partial charge in [0.25, 0.3) is 5.91 Å². The number of hydrogen-bond acceptors (Lipinski definition) is 11. The van der Waals surface area contributed by atoms with Crippen molar-refractivity contribution in [1.29, 1.82) is 0 Å². The fourth-order valence-corrected chi connectivity index (χ4v) is 6.13. The van der Waals surface area contributed by atoms with Crippen LogP contribution in [0.4, 0.5) is 0 Å². The molecule has 0 aromatic heterocycles. The number of phenols is 1. The lowest BCUT2D eigenvalue weighted by Crippen LogP contribution is -2.60. The Morgan fingerprint density at radius 3 is 2.40 bits per heavy atom. The topological polar surface area (TPSA) is 170 Å². The zero-order valence-electron chi connectivity index (χ0n) is 27.5. The van der Waals surface area contributed by atoms with Crippen molar-refractivity contribution >= 4 is 17.8 Å². The molecule has 0 saturated carbocycles. The van der Waals surface area contributed by atoms with Gasteiger partial charge in [-0.2, -0.15) is 0 Å². The minimum Gasteiger partial charge on any atom is -0.507 e. The standard InChI is InChI=1S/C33H49NO11/c1-16(2)12-24(41-8)29(38)30(39)34-31(42-9)25-15-27(43-19(5)35)33(6,7)26(44-25)14-22(37)18(4)23-13-20-17(3)10-11-21(36)28(20)32(40)45-23/h10-11,18,22-27,29,31,36-38H,1,12-15H2,2-9H3,(H,34,39). The Labute approximate surface area is 265 Å². The number of aliphatic hydroxyl groups excluding tert-OH is 2. The van der Waals surface area contributed by atoms with Crippen molar-refractivity contribution in [3.63, 3.8) is 0 Å². The molecule has 12 nitrogen and oxygen atoms in total. The first-order chi connectivity index (χ1) is 21.0. The Bertz CT molecular complexity index is 1250. The van der Waals surface area contributed by atoms with Crippen LogP contribution >= 0.6 is 0 Å². The number of ether oxygens (including phenoxy) is 5. The van der Waals surface area contributed by atoms with Crippen LogP contribution < -0.4 is 5.32 Å². The van der Waals surface area contributed by atoms with Gasteiger partial charge in [0.15, 0.2) is 12.3 Å². The van der Waals surface area contributed by atoms with Crippen LogP contribution in [0.3, 0.4) is 0 Å². The van der Waals surface area contributed by atoms with Gasteiger partial charge in [-0.25, -0.2) is 4.79 Å². The van der Waals surface area contributed by atoms with Gasteiger partial charge >= 0.3 is 11.9 Å². The van der Waals surface area contributed by atoms with Crippen LogP contribution in [-0.2, 0) is 39.7 Å². The molecule has 1 amide bonds. The molecular formula is C33H49NO11. The van der Waals surface area contributed by atoms with Crippen molar-refractivity contribution in [3.8, 4) is 5.75 Å². The van der Waals surface area contributed by atoms with Gasteiger partial charge in [-0.3, -0.25) is 9.59 Å². The monoisotopic (exact) mass is 635 g/mol. The number of nitrogens with one attached hydrogen (secondary N) is 1. The van der Waals surface area contributed by atoms with Crippen LogP contribution in [0.15, 0.2) is 24.3 Å². The second-order valence-corrected chi connectivity index (χ2v) is 12.9. The van der Waals surface area contributed by atoms with E-state index in [0.29, 0.717) is 12.0 Å². The number of fused-ring (bicyclic) bond motifs is 1. The van der Waals surface area contributed by atoms with Gasteiger partial charge < -0.3 is 44.3 Å². The number of hydrogen-bond donors (Lipinski definition) is 4. The number of methoxy groups -OCH3 is 2. The van der Waals surface area contributed by atoms with Gasteiger partial charge in [-0.15, -0.1) is 6.58 Å². The molecule has 1 saturated heterocycles.